The Labute approximate surface area is 190 Å². The number of nitrogens with zero attached hydrogens (tertiary/aromatic N) is 5. The number of thioether (sulfide) groups is 1. The van der Waals surface area contributed by atoms with E-state index in [2.05, 4.69) is 22.2 Å². The average Bonchev–Trinajstić information content (AvgIpc) is 3.22. The Morgan fingerprint density at radius 2 is 1.97 bits per heavy atom. The zero-order valence-corrected chi connectivity index (χ0v) is 18.9. The van der Waals surface area contributed by atoms with Crippen LogP contribution in [0.15, 0.2) is 35.6 Å². The van der Waals surface area contributed by atoms with Gasteiger partial charge in [-0.15, -0.1) is 0 Å². The molecule has 1 amide bonds. The van der Waals surface area contributed by atoms with Crippen molar-refractivity contribution in [2.75, 3.05) is 36.9 Å². The van der Waals surface area contributed by atoms with Crippen LogP contribution in [0.25, 0.3) is 11.0 Å². The lowest BCUT2D eigenvalue weighted by molar-refractivity contribution is -0.123. The molecule has 1 N–H and O–H groups in total. The Kier molecular flexibility index (Phi) is 7.41. The van der Waals surface area contributed by atoms with Crippen LogP contribution in [0.5, 0.6) is 5.75 Å². The molecule has 1 aromatic carbocycles. The lowest BCUT2D eigenvalue weighted by atomic mass is 10.1. The predicted octanol–water partition coefficient (Wildman–Crippen LogP) is 3.26. The number of nitrogens with one attached hydrogen (secondary N) is 1. The van der Waals surface area contributed by atoms with Crippen molar-refractivity contribution in [3.05, 3.63) is 36.3 Å². The fourth-order valence-electron chi connectivity index (χ4n) is 3.66. The number of rotatable bonds is 9. The summed E-state index contributed by atoms with van der Waals surface area (Å²) in [5, 5.41) is 9.03. The van der Waals surface area contributed by atoms with E-state index in [9.17, 15) is 9.18 Å². The van der Waals surface area contributed by atoms with E-state index in [-0.39, 0.29) is 18.3 Å². The number of halogens is 1. The summed E-state index contributed by atoms with van der Waals surface area (Å²) in [6.45, 7) is 4.82. The molecule has 3 heterocycles. The van der Waals surface area contributed by atoms with E-state index < -0.39 is 0 Å². The minimum atomic E-state index is -0.346. The van der Waals surface area contributed by atoms with Gasteiger partial charge in [0.05, 0.1) is 18.1 Å². The minimum Gasteiger partial charge on any atom is -0.484 e. The molecular formula is C22H27FN6O2S. The number of ether oxygens (including phenoxy) is 1. The molecule has 8 nitrogen and oxygen atoms in total. The van der Waals surface area contributed by atoms with Gasteiger partial charge in [-0.2, -0.15) is 5.10 Å². The lowest BCUT2D eigenvalue weighted by Gasteiger charge is -2.28. The third-order valence-electron chi connectivity index (χ3n) is 5.21. The Morgan fingerprint density at radius 3 is 2.72 bits per heavy atom. The van der Waals surface area contributed by atoms with Crippen molar-refractivity contribution in [2.45, 2.75) is 37.9 Å². The molecule has 170 valence electrons. The maximum absolute atomic E-state index is 12.9. The van der Waals surface area contributed by atoms with Gasteiger partial charge in [0.15, 0.2) is 17.4 Å². The van der Waals surface area contributed by atoms with E-state index in [0.29, 0.717) is 18.8 Å². The van der Waals surface area contributed by atoms with Crippen LogP contribution in [0, 0.1) is 5.82 Å². The van der Waals surface area contributed by atoms with Crippen LogP contribution in [-0.2, 0) is 11.3 Å². The van der Waals surface area contributed by atoms with E-state index in [1.165, 1.54) is 43.5 Å². The van der Waals surface area contributed by atoms with Gasteiger partial charge in [0.1, 0.15) is 17.4 Å². The van der Waals surface area contributed by atoms with Crippen LogP contribution in [-0.4, -0.2) is 57.6 Å². The number of aromatic nitrogens is 4. The smallest absolute Gasteiger partial charge is 0.258 e. The summed E-state index contributed by atoms with van der Waals surface area (Å²) < 4.78 is 20.1. The Bertz CT molecular complexity index is 1050. The van der Waals surface area contributed by atoms with Gasteiger partial charge in [-0.05, 0) is 49.3 Å². The van der Waals surface area contributed by atoms with Crippen LogP contribution >= 0.6 is 11.8 Å². The van der Waals surface area contributed by atoms with Gasteiger partial charge in [0.25, 0.3) is 5.91 Å². The van der Waals surface area contributed by atoms with Crippen LogP contribution in [0.2, 0.25) is 0 Å². The summed E-state index contributed by atoms with van der Waals surface area (Å²) in [4.78, 5) is 24.0. The first-order valence-corrected chi connectivity index (χ1v) is 11.9. The SMILES string of the molecule is CCSc1nc(N2CCCCC2)c2cnn(CCNC(=O)COc3ccc(F)cc3)c2n1. The van der Waals surface area contributed by atoms with Crippen molar-refractivity contribution in [2.24, 2.45) is 0 Å². The lowest BCUT2D eigenvalue weighted by Crippen LogP contribution is -2.32. The second-order valence-electron chi connectivity index (χ2n) is 7.51. The Hall–Kier alpha value is -2.88. The summed E-state index contributed by atoms with van der Waals surface area (Å²) >= 11 is 1.61. The number of carbonyl (C=O) groups is 1. The van der Waals surface area contributed by atoms with Crippen LogP contribution in [0.3, 0.4) is 0 Å². The topological polar surface area (TPSA) is 85.2 Å². The summed E-state index contributed by atoms with van der Waals surface area (Å²) in [5.41, 5.74) is 0.785. The molecule has 4 rings (SSSR count). The first kappa shape index (κ1) is 22.3. The van der Waals surface area contributed by atoms with Crippen LogP contribution in [0.1, 0.15) is 26.2 Å². The van der Waals surface area contributed by atoms with E-state index in [1.807, 2.05) is 10.9 Å². The quantitative estimate of drug-likeness (QED) is 0.389. The van der Waals surface area contributed by atoms with E-state index in [4.69, 9.17) is 14.7 Å². The van der Waals surface area contributed by atoms with E-state index in [0.717, 1.165) is 40.9 Å². The van der Waals surface area contributed by atoms with Gasteiger partial charge in [-0.1, -0.05) is 18.7 Å². The molecule has 1 aliphatic rings. The van der Waals surface area contributed by atoms with E-state index >= 15 is 0 Å². The molecule has 0 saturated carbocycles. The molecular weight excluding hydrogens is 431 g/mol. The van der Waals surface area contributed by atoms with E-state index in [1.54, 1.807) is 11.8 Å². The highest BCUT2D eigenvalue weighted by Crippen LogP contribution is 2.29. The summed E-state index contributed by atoms with van der Waals surface area (Å²) in [7, 11) is 0. The standard InChI is InChI=1S/C22H27FN6O2S/c1-2-32-22-26-20(28-11-4-3-5-12-28)18-14-25-29(21(18)27-22)13-10-24-19(30)15-31-17-8-6-16(23)7-9-17/h6-9,14H,2-5,10-13,15H2,1H3,(H,24,30). The third kappa shape index (κ3) is 5.48. The zero-order chi connectivity index (χ0) is 22.3. The van der Waals surface area contributed by atoms with Gasteiger partial charge < -0.3 is 15.0 Å². The molecule has 10 heteroatoms. The third-order valence-corrected chi connectivity index (χ3v) is 5.94. The van der Waals surface area contributed by atoms with Crippen molar-refractivity contribution in [3.8, 4) is 5.75 Å². The van der Waals surface area contributed by atoms with Crippen LogP contribution < -0.4 is 15.0 Å². The normalized spacial score (nSPS) is 14.0. The van der Waals surface area contributed by atoms with Crippen molar-refractivity contribution < 1.29 is 13.9 Å². The van der Waals surface area contributed by atoms with Gasteiger partial charge in [0, 0.05) is 19.6 Å². The van der Waals surface area contributed by atoms with Gasteiger partial charge >= 0.3 is 0 Å². The molecule has 0 unspecified atom stereocenters. The fourth-order valence-corrected chi connectivity index (χ4v) is 4.22. The molecule has 0 aliphatic carbocycles. The number of amides is 1. The number of fused-ring (bicyclic) bond motifs is 1. The number of carbonyl (C=O) groups excluding carboxylic acids is 1. The molecule has 0 spiro atoms. The van der Waals surface area contributed by atoms with Crippen molar-refractivity contribution >= 4 is 34.5 Å². The highest BCUT2D eigenvalue weighted by atomic mass is 32.2. The van der Waals surface area contributed by atoms with Gasteiger partial charge in [0.2, 0.25) is 0 Å². The largest absolute Gasteiger partial charge is 0.484 e. The Morgan fingerprint density at radius 1 is 1.19 bits per heavy atom. The van der Waals surface area contributed by atoms with Gasteiger partial charge in [-0.3, -0.25) is 4.79 Å². The zero-order valence-electron chi connectivity index (χ0n) is 18.1. The minimum absolute atomic E-state index is 0.135. The van der Waals surface area contributed by atoms with Crippen molar-refractivity contribution in [1.29, 1.82) is 0 Å². The Balaban J connectivity index is 1.39. The monoisotopic (exact) mass is 458 g/mol. The van der Waals surface area contributed by atoms with Crippen molar-refractivity contribution in [1.82, 2.24) is 25.1 Å². The summed E-state index contributed by atoms with van der Waals surface area (Å²) in [6.07, 6.45) is 5.41. The van der Waals surface area contributed by atoms with Gasteiger partial charge in [-0.25, -0.2) is 19.0 Å². The highest BCUT2D eigenvalue weighted by Gasteiger charge is 2.20. The maximum Gasteiger partial charge on any atom is 0.258 e. The molecule has 32 heavy (non-hydrogen) atoms. The predicted molar refractivity (Wildman–Crippen MR) is 123 cm³/mol. The molecule has 0 bridgehead atoms. The number of hydrogen-bond acceptors (Lipinski definition) is 7. The van der Waals surface area contributed by atoms with Crippen molar-refractivity contribution in [3.63, 3.8) is 0 Å². The fraction of sp³-hybridized carbons (Fsp3) is 0.455. The summed E-state index contributed by atoms with van der Waals surface area (Å²) in [6, 6.07) is 5.57. The van der Waals surface area contributed by atoms with Crippen LogP contribution in [0.4, 0.5) is 10.2 Å². The summed E-state index contributed by atoms with van der Waals surface area (Å²) in [5.74, 6) is 1.69. The second-order valence-corrected chi connectivity index (χ2v) is 8.74. The molecule has 1 fully saturated rings. The second kappa shape index (κ2) is 10.6. The molecule has 0 radical (unpaired) electrons. The highest BCUT2D eigenvalue weighted by molar-refractivity contribution is 7.99. The maximum atomic E-state index is 12.9. The molecule has 3 aromatic rings. The molecule has 2 aromatic heterocycles. The molecule has 1 saturated heterocycles. The molecule has 1 aliphatic heterocycles. The number of benzene rings is 1. The average molecular weight is 459 g/mol. The molecule has 0 atom stereocenters. The first-order valence-electron chi connectivity index (χ1n) is 10.9. The number of anilines is 1. The number of piperidine rings is 1. The number of hydrogen-bond donors (Lipinski definition) is 1. The first-order chi connectivity index (χ1) is 15.6.